The second-order valence-corrected chi connectivity index (χ2v) is 3.10. The molecule has 1 aromatic heterocycles. The van der Waals surface area contributed by atoms with Crippen LogP contribution in [0.2, 0.25) is 0 Å². The minimum Gasteiger partial charge on any atom is -0.361 e. The van der Waals surface area contributed by atoms with Crippen molar-refractivity contribution in [2.24, 2.45) is 5.11 Å². The Morgan fingerprint density at radius 3 is 3.14 bits per heavy atom. The van der Waals surface area contributed by atoms with Crippen LogP contribution in [-0.2, 0) is 6.42 Å². The number of aromatic amines is 1. The van der Waals surface area contributed by atoms with Gasteiger partial charge in [0, 0.05) is 23.2 Å². The Kier molecular flexibility index (Phi) is 2.38. The molecule has 0 unspecified atom stereocenters. The minimum atomic E-state index is 0.520. The van der Waals surface area contributed by atoms with Gasteiger partial charge in [0.05, 0.1) is 0 Å². The van der Waals surface area contributed by atoms with Crippen molar-refractivity contribution in [1.82, 2.24) is 4.98 Å². The molecule has 0 spiro atoms. The molecule has 1 aromatic carbocycles. The summed E-state index contributed by atoms with van der Waals surface area (Å²) in [6.07, 6.45) is 2.72. The smallest absolute Gasteiger partial charge is 0.0454 e. The zero-order valence-corrected chi connectivity index (χ0v) is 7.64. The van der Waals surface area contributed by atoms with E-state index in [4.69, 9.17) is 5.53 Å². The van der Waals surface area contributed by atoms with Crippen molar-refractivity contribution in [1.29, 1.82) is 0 Å². The standard InChI is InChI=1S/C10H10N4/c11-14-13-6-3-8-1-2-10-9(7-8)4-5-12-10/h1-2,4-5,7,12H,3,6H2. The average Bonchev–Trinajstić information content (AvgIpc) is 2.65. The molecule has 2 rings (SSSR count). The van der Waals surface area contributed by atoms with E-state index in [1.807, 2.05) is 24.4 Å². The Balaban J connectivity index is 2.21. The number of nitrogens with one attached hydrogen (secondary N) is 1. The van der Waals surface area contributed by atoms with Crippen LogP contribution in [0, 0.1) is 0 Å². The lowest BCUT2D eigenvalue weighted by molar-refractivity contribution is 0.958. The summed E-state index contributed by atoms with van der Waals surface area (Å²) in [6, 6.07) is 8.23. The number of nitrogens with zero attached hydrogens (tertiary/aromatic N) is 3. The molecule has 0 saturated heterocycles. The summed E-state index contributed by atoms with van der Waals surface area (Å²) in [5, 5.41) is 4.71. The molecule has 4 heteroatoms. The van der Waals surface area contributed by atoms with Crippen LogP contribution < -0.4 is 0 Å². The molecular weight excluding hydrogens is 176 g/mol. The van der Waals surface area contributed by atoms with Crippen LogP contribution in [0.3, 0.4) is 0 Å². The second-order valence-electron chi connectivity index (χ2n) is 3.10. The first-order chi connectivity index (χ1) is 6.90. The van der Waals surface area contributed by atoms with Gasteiger partial charge < -0.3 is 4.98 Å². The lowest BCUT2D eigenvalue weighted by atomic mass is 10.1. The van der Waals surface area contributed by atoms with Crippen LogP contribution in [-0.4, -0.2) is 11.5 Å². The number of benzene rings is 1. The van der Waals surface area contributed by atoms with E-state index < -0.39 is 0 Å². The molecule has 1 heterocycles. The molecule has 14 heavy (non-hydrogen) atoms. The van der Waals surface area contributed by atoms with Crippen LogP contribution >= 0.6 is 0 Å². The molecule has 0 saturated carbocycles. The maximum atomic E-state index is 8.14. The predicted molar refractivity (Wildman–Crippen MR) is 56.0 cm³/mol. The third kappa shape index (κ3) is 1.70. The van der Waals surface area contributed by atoms with E-state index >= 15 is 0 Å². The third-order valence-electron chi connectivity index (χ3n) is 2.18. The number of hydrogen-bond acceptors (Lipinski definition) is 1. The van der Waals surface area contributed by atoms with Crippen molar-refractivity contribution in [3.8, 4) is 0 Å². The Morgan fingerprint density at radius 1 is 1.36 bits per heavy atom. The minimum absolute atomic E-state index is 0.520. The predicted octanol–water partition coefficient (Wildman–Crippen LogP) is 3.02. The molecule has 0 radical (unpaired) electrons. The largest absolute Gasteiger partial charge is 0.361 e. The average molecular weight is 186 g/mol. The van der Waals surface area contributed by atoms with Gasteiger partial charge in [-0.05, 0) is 41.1 Å². The van der Waals surface area contributed by atoms with Gasteiger partial charge in [-0.15, -0.1) is 0 Å². The number of fused-ring (bicyclic) bond motifs is 1. The molecule has 0 aliphatic carbocycles. The molecule has 0 bridgehead atoms. The lowest BCUT2D eigenvalue weighted by Crippen LogP contribution is -1.87. The fourth-order valence-corrected chi connectivity index (χ4v) is 1.48. The zero-order valence-electron chi connectivity index (χ0n) is 7.64. The molecule has 2 aromatic rings. The maximum absolute atomic E-state index is 8.14. The Morgan fingerprint density at radius 2 is 2.29 bits per heavy atom. The molecule has 0 aliphatic rings. The molecule has 0 fully saturated rings. The highest BCUT2D eigenvalue weighted by atomic mass is 15.1. The quantitative estimate of drug-likeness (QED) is 0.435. The van der Waals surface area contributed by atoms with Crippen LogP contribution in [0.1, 0.15) is 5.56 Å². The molecular formula is C10H10N4. The molecule has 70 valence electrons. The fourth-order valence-electron chi connectivity index (χ4n) is 1.48. The molecule has 1 N–H and O–H groups in total. The Labute approximate surface area is 81.2 Å². The SMILES string of the molecule is [N-]=[N+]=NCCc1ccc2[nH]ccc2c1. The highest BCUT2D eigenvalue weighted by molar-refractivity contribution is 5.79. The van der Waals surface area contributed by atoms with Crippen LogP contribution in [0.4, 0.5) is 0 Å². The topological polar surface area (TPSA) is 64.6 Å². The van der Waals surface area contributed by atoms with E-state index in [9.17, 15) is 0 Å². The fraction of sp³-hybridized carbons (Fsp3) is 0.200. The number of rotatable bonds is 3. The highest BCUT2D eigenvalue weighted by Crippen LogP contribution is 2.14. The van der Waals surface area contributed by atoms with Crippen LogP contribution in [0.15, 0.2) is 35.6 Å². The number of aromatic nitrogens is 1. The first kappa shape index (κ1) is 8.66. The normalized spacial score (nSPS) is 10.0. The van der Waals surface area contributed by atoms with Gasteiger partial charge in [0.2, 0.25) is 0 Å². The summed E-state index contributed by atoms with van der Waals surface area (Å²) in [5.41, 5.74) is 10.5. The van der Waals surface area contributed by atoms with Gasteiger partial charge in [-0.2, -0.15) is 0 Å². The maximum Gasteiger partial charge on any atom is 0.0454 e. The second kappa shape index (κ2) is 3.85. The van der Waals surface area contributed by atoms with Crippen molar-refractivity contribution in [3.63, 3.8) is 0 Å². The zero-order chi connectivity index (χ0) is 9.80. The summed E-state index contributed by atoms with van der Waals surface area (Å²) >= 11 is 0. The van der Waals surface area contributed by atoms with Gasteiger partial charge in [0.25, 0.3) is 0 Å². The number of hydrogen-bond donors (Lipinski definition) is 1. The molecule has 0 amide bonds. The van der Waals surface area contributed by atoms with Crippen LogP contribution in [0.5, 0.6) is 0 Å². The first-order valence-corrected chi connectivity index (χ1v) is 4.47. The van der Waals surface area contributed by atoms with E-state index in [0.717, 1.165) is 11.9 Å². The summed E-state index contributed by atoms with van der Waals surface area (Å²) in [7, 11) is 0. The third-order valence-corrected chi connectivity index (χ3v) is 2.18. The van der Waals surface area contributed by atoms with E-state index in [1.54, 1.807) is 0 Å². The summed E-state index contributed by atoms with van der Waals surface area (Å²) in [5.74, 6) is 0. The Hall–Kier alpha value is -1.93. The van der Waals surface area contributed by atoms with Gasteiger partial charge >= 0.3 is 0 Å². The van der Waals surface area contributed by atoms with E-state index in [2.05, 4.69) is 21.1 Å². The van der Waals surface area contributed by atoms with Crippen molar-refractivity contribution in [3.05, 3.63) is 46.5 Å². The Bertz CT molecular complexity index is 480. The van der Waals surface area contributed by atoms with Crippen molar-refractivity contribution < 1.29 is 0 Å². The first-order valence-electron chi connectivity index (χ1n) is 4.47. The molecule has 4 nitrogen and oxygen atoms in total. The van der Waals surface area contributed by atoms with Crippen molar-refractivity contribution in [2.45, 2.75) is 6.42 Å². The van der Waals surface area contributed by atoms with Gasteiger partial charge in [-0.1, -0.05) is 11.2 Å². The van der Waals surface area contributed by atoms with Crippen molar-refractivity contribution >= 4 is 10.9 Å². The van der Waals surface area contributed by atoms with E-state index in [0.29, 0.717) is 6.54 Å². The summed E-state index contributed by atoms with van der Waals surface area (Å²) < 4.78 is 0. The van der Waals surface area contributed by atoms with Gasteiger partial charge in [0.15, 0.2) is 0 Å². The van der Waals surface area contributed by atoms with E-state index in [-0.39, 0.29) is 0 Å². The van der Waals surface area contributed by atoms with Crippen molar-refractivity contribution in [2.75, 3.05) is 6.54 Å². The summed E-state index contributed by atoms with van der Waals surface area (Å²) in [4.78, 5) is 5.85. The monoisotopic (exact) mass is 186 g/mol. The van der Waals surface area contributed by atoms with Gasteiger partial charge in [-0.3, -0.25) is 0 Å². The molecule has 0 atom stereocenters. The van der Waals surface area contributed by atoms with Crippen LogP contribution in [0.25, 0.3) is 21.3 Å². The summed E-state index contributed by atoms with van der Waals surface area (Å²) in [6.45, 7) is 0.520. The van der Waals surface area contributed by atoms with Gasteiger partial charge in [-0.25, -0.2) is 0 Å². The van der Waals surface area contributed by atoms with Gasteiger partial charge in [0.1, 0.15) is 0 Å². The number of azide groups is 1. The highest BCUT2D eigenvalue weighted by Gasteiger charge is 1.96. The molecule has 0 aliphatic heterocycles. The van der Waals surface area contributed by atoms with E-state index in [1.165, 1.54) is 10.9 Å². The number of H-pyrrole nitrogens is 1. The lowest BCUT2D eigenvalue weighted by Gasteiger charge is -1.97.